The molecule has 0 amide bonds. The van der Waals surface area contributed by atoms with Crippen LogP contribution in [-0.4, -0.2) is 58.2 Å². The van der Waals surface area contributed by atoms with Crippen molar-refractivity contribution in [2.24, 2.45) is 5.73 Å². The summed E-state index contributed by atoms with van der Waals surface area (Å²) in [6.45, 7) is 12.8. The van der Waals surface area contributed by atoms with Crippen molar-refractivity contribution < 1.29 is 0 Å². The number of aromatic nitrogens is 3. The number of imidazole rings is 1. The molecule has 0 bridgehead atoms. The minimum atomic E-state index is 0.194. The maximum atomic E-state index is 6.36. The maximum absolute atomic E-state index is 6.36. The Bertz CT molecular complexity index is 1140. The number of fused-ring (bicyclic) bond motifs is 1. The first-order valence-corrected chi connectivity index (χ1v) is 13.1. The van der Waals surface area contributed by atoms with Crippen molar-refractivity contribution in [1.29, 1.82) is 0 Å². The van der Waals surface area contributed by atoms with Crippen LogP contribution < -0.4 is 11.1 Å². The summed E-state index contributed by atoms with van der Waals surface area (Å²) >= 11 is 0. The van der Waals surface area contributed by atoms with Gasteiger partial charge in [0.15, 0.2) is 5.65 Å². The van der Waals surface area contributed by atoms with E-state index in [1.807, 2.05) is 0 Å². The van der Waals surface area contributed by atoms with Gasteiger partial charge in [-0.2, -0.15) is 0 Å². The highest BCUT2D eigenvalue weighted by Crippen LogP contribution is 2.40. The second-order valence-corrected chi connectivity index (χ2v) is 10.6. The molecule has 2 aromatic heterocycles. The van der Waals surface area contributed by atoms with E-state index in [0.717, 1.165) is 81.2 Å². The molecular formula is C28H40N6. The molecule has 2 aliphatic rings. The third kappa shape index (κ3) is 4.64. The highest BCUT2D eigenvalue weighted by atomic mass is 15.2. The molecule has 1 aliphatic heterocycles. The largest absolute Gasteiger partial charge is 0.328 e. The molecular weight excluding hydrogens is 420 g/mol. The van der Waals surface area contributed by atoms with Gasteiger partial charge in [0.2, 0.25) is 0 Å². The third-order valence-electron chi connectivity index (χ3n) is 8.02. The fraction of sp³-hybridized carbons (Fsp3) is 0.571. The first-order chi connectivity index (χ1) is 16.5. The van der Waals surface area contributed by atoms with E-state index in [1.165, 1.54) is 29.5 Å². The third-order valence-corrected chi connectivity index (χ3v) is 8.02. The van der Waals surface area contributed by atoms with E-state index in [1.54, 1.807) is 0 Å². The Balaban J connectivity index is 1.49. The molecule has 0 radical (unpaired) electrons. The van der Waals surface area contributed by atoms with Gasteiger partial charge in [0.1, 0.15) is 11.3 Å². The van der Waals surface area contributed by atoms with Crippen LogP contribution in [-0.2, 0) is 18.4 Å². The van der Waals surface area contributed by atoms with Crippen molar-refractivity contribution in [2.75, 3.05) is 32.7 Å². The molecule has 5 rings (SSSR count). The fourth-order valence-corrected chi connectivity index (χ4v) is 6.09. The lowest BCUT2D eigenvalue weighted by atomic mass is 9.67. The monoisotopic (exact) mass is 460 g/mol. The summed E-state index contributed by atoms with van der Waals surface area (Å²) in [6, 6.07) is 11.8. The molecule has 0 unspecified atom stereocenters. The van der Waals surface area contributed by atoms with E-state index in [9.17, 15) is 0 Å². The number of nitrogens with two attached hydrogens (primary N) is 1. The standard InChI is InChI=1S/C28H40N6/c1-4-25-32-26-20(2)16-21(3)31-27(26)34(25)18-22-6-5-7-23(17-22)28(10-8-24(29)9-11-28)19-33-14-12-30-13-15-33/h5-7,16-17,24,30H,4,8-15,18-19,29H2,1-3H3. The van der Waals surface area contributed by atoms with Gasteiger partial charge in [0.25, 0.3) is 0 Å². The lowest BCUT2D eigenvalue weighted by molar-refractivity contribution is 0.148. The van der Waals surface area contributed by atoms with Crippen molar-refractivity contribution >= 4 is 11.2 Å². The van der Waals surface area contributed by atoms with Crippen molar-refractivity contribution in [3.63, 3.8) is 0 Å². The summed E-state index contributed by atoms with van der Waals surface area (Å²) in [4.78, 5) is 12.5. The van der Waals surface area contributed by atoms with Crippen LogP contribution in [0.3, 0.4) is 0 Å². The van der Waals surface area contributed by atoms with Crippen molar-refractivity contribution in [2.45, 2.75) is 70.9 Å². The highest BCUT2D eigenvalue weighted by molar-refractivity contribution is 5.76. The Hall–Kier alpha value is -2.28. The Morgan fingerprint density at radius 2 is 1.85 bits per heavy atom. The summed E-state index contributed by atoms with van der Waals surface area (Å²) < 4.78 is 2.33. The molecule has 0 spiro atoms. The van der Waals surface area contributed by atoms with Gasteiger partial charge in [-0.3, -0.25) is 4.90 Å². The molecule has 3 aromatic rings. The Labute approximate surface area is 204 Å². The zero-order chi connectivity index (χ0) is 23.7. The molecule has 6 nitrogen and oxygen atoms in total. The van der Waals surface area contributed by atoms with E-state index in [-0.39, 0.29) is 5.41 Å². The summed E-state index contributed by atoms with van der Waals surface area (Å²) in [7, 11) is 0. The van der Waals surface area contributed by atoms with Gasteiger partial charge in [-0.15, -0.1) is 0 Å². The number of piperazine rings is 1. The predicted molar refractivity (Wildman–Crippen MR) is 139 cm³/mol. The normalized spacial score (nSPS) is 24.1. The SMILES string of the molecule is CCc1nc2c(C)cc(C)nc2n1Cc1cccc(C2(CN3CCNCC3)CCC(N)CC2)c1. The van der Waals surface area contributed by atoms with Crippen LogP contribution in [0.4, 0.5) is 0 Å². The van der Waals surface area contributed by atoms with Gasteiger partial charge in [0, 0.05) is 56.3 Å². The molecule has 34 heavy (non-hydrogen) atoms. The van der Waals surface area contributed by atoms with Crippen LogP contribution in [0, 0.1) is 13.8 Å². The van der Waals surface area contributed by atoms with E-state index in [2.05, 4.69) is 65.9 Å². The van der Waals surface area contributed by atoms with Gasteiger partial charge < -0.3 is 15.6 Å². The second kappa shape index (κ2) is 9.76. The topological polar surface area (TPSA) is 72.0 Å². The average molecular weight is 461 g/mol. The van der Waals surface area contributed by atoms with Crippen LogP contribution in [0.25, 0.3) is 11.2 Å². The smallest absolute Gasteiger partial charge is 0.160 e. The molecule has 1 saturated heterocycles. The van der Waals surface area contributed by atoms with Crippen LogP contribution in [0.2, 0.25) is 0 Å². The zero-order valence-electron chi connectivity index (χ0n) is 21.1. The molecule has 1 aliphatic carbocycles. The summed E-state index contributed by atoms with van der Waals surface area (Å²) in [5, 5.41) is 3.50. The lowest BCUT2D eigenvalue weighted by Crippen LogP contribution is -2.51. The Morgan fingerprint density at radius 3 is 2.59 bits per heavy atom. The van der Waals surface area contributed by atoms with Crippen LogP contribution in [0.15, 0.2) is 30.3 Å². The lowest BCUT2D eigenvalue weighted by Gasteiger charge is -2.44. The number of hydrogen-bond donors (Lipinski definition) is 2. The van der Waals surface area contributed by atoms with Gasteiger partial charge in [-0.25, -0.2) is 9.97 Å². The average Bonchev–Trinajstić information content (AvgIpc) is 3.19. The van der Waals surface area contributed by atoms with Crippen molar-refractivity contribution in [1.82, 2.24) is 24.8 Å². The summed E-state index contributed by atoms with van der Waals surface area (Å²) in [6.07, 6.45) is 5.49. The number of hydrogen-bond acceptors (Lipinski definition) is 5. The van der Waals surface area contributed by atoms with Crippen molar-refractivity contribution in [3.05, 3.63) is 58.5 Å². The van der Waals surface area contributed by atoms with Gasteiger partial charge in [0.05, 0.1) is 6.54 Å². The molecule has 0 atom stereocenters. The summed E-state index contributed by atoms with van der Waals surface area (Å²) in [5.74, 6) is 1.11. The Morgan fingerprint density at radius 1 is 1.09 bits per heavy atom. The van der Waals surface area contributed by atoms with Gasteiger partial charge in [-0.05, 0) is 62.3 Å². The molecule has 1 aromatic carbocycles. The number of aryl methyl sites for hydroxylation is 3. The molecule has 6 heteroatoms. The van der Waals surface area contributed by atoms with E-state index < -0.39 is 0 Å². The number of nitrogens with one attached hydrogen (secondary N) is 1. The van der Waals surface area contributed by atoms with E-state index in [0.29, 0.717) is 6.04 Å². The molecule has 182 valence electrons. The van der Waals surface area contributed by atoms with Crippen LogP contribution >= 0.6 is 0 Å². The highest BCUT2D eigenvalue weighted by Gasteiger charge is 2.38. The summed E-state index contributed by atoms with van der Waals surface area (Å²) in [5.41, 5.74) is 13.7. The number of pyridine rings is 1. The maximum Gasteiger partial charge on any atom is 0.160 e. The van der Waals surface area contributed by atoms with Gasteiger partial charge in [-0.1, -0.05) is 31.2 Å². The van der Waals surface area contributed by atoms with Crippen LogP contribution in [0.5, 0.6) is 0 Å². The van der Waals surface area contributed by atoms with E-state index >= 15 is 0 Å². The molecule has 2 fully saturated rings. The van der Waals surface area contributed by atoms with Gasteiger partial charge >= 0.3 is 0 Å². The first kappa shape index (κ1) is 23.5. The fourth-order valence-electron chi connectivity index (χ4n) is 6.09. The molecule has 3 N–H and O–H groups in total. The van der Waals surface area contributed by atoms with Crippen molar-refractivity contribution in [3.8, 4) is 0 Å². The van der Waals surface area contributed by atoms with Crippen LogP contribution in [0.1, 0.15) is 60.8 Å². The molecule has 1 saturated carbocycles. The minimum absolute atomic E-state index is 0.194. The quantitative estimate of drug-likeness (QED) is 0.587. The Kier molecular flexibility index (Phi) is 6.74. The second-order valence-electron chi connectivity index (χ2n) is 10.6. The predicted octanol–water partition coefficient (Wildman–Crippen LogP) is 3.70. The number of rotatable bonds is 6. The minimum Gasteiger partial charge on any atom is -0.328 e. The zero-order valence-corrected chi connectivity index (χ0v) is 21.1. The number of benzene rings is 1. The number of nitrogens with zero attached hydrogens (tertiary/aromatic N) is 4. The molecule has 3 heterocycles. The van der Waals surface area contributed by atoms with E-state index in [4.69, 9.17) is 15.7 Å². The first-order valence-electron chi connectivity index (χ1n) is 13.1.